The number of nitrogens with zero attached hydrogens (tertiary/aromatic N) is 1. The van der Waals surface area contributed by atoms with Crippen molar-refractivity contribution >= 4 is 16.1 Å². The summed E-state index contributed by atoms with van der Waals surface area (Å²) in [4.78, 5) is 11.8. The van der Waals surface area contributed by atoms with E-state index in [4.69, 9.17) is 15.4 Å². The van der Waals surface area contributed by atoms with Gasteiger partial charge in [0, 0.05) is 20.7 Å². The molecule has 0 aliphatic carbocycles. The van der Waals surface area contributed by atoms with Crippen LogP contribution in [-0.2, 0) is 10.1 Å². The molecular weight excluding hydrogens is 224 g/mol. The van der Waals surface area contributed by atoms with Crippen LogP contribution in [0.15, 0.2) is 0 Å². The molecule has 92 valence electrons. The number of aliphatic hydroxyl groups excluding tert-OH is 1. The minimum Gasteiger partial charge on any atom is -0.400 e. The Kier molecular flexibility index (Phi) is 9.33. The van der Waals surface area contributed by atoms with Gasteiger partial charge in [0.05, 0.1) is 5.75 Å². The van der Waals surface area contributed by atoms with Crippen LogP contribution in [0.3, 0.4) is 0 Å². The second kappa shape index (κ2) is 8.45. The fourth-order valence-electron chi connectivity index (χ4n) is 0.744. The van der Waals surface area contributed by atoms with Gasteiger partial charge in [-0.2, -0.15) is 8.42 Å². The van der Waals surface area contributed by atoms with E-state index in [2.05, 4.69) is 0 Å². The van der Waals surface area contributed by atoms with Crippen LogP contribution in [-0.4, -0.2) is 55.5 Å². The van der Waals surface area contributed by atoms with Crippen LogP contribution >= 0.6 is 0 Å². The SMILES string of the molecule is CN(CCCCS(=O)(=O)O)C(N)=O.CO. The minimum absolute atomic E-state index is 0.278. The quantitative estimate of drug-likeness (QED) is 0.433. The molecule has 2 amide bonds. The van der Waals surface area contributed by atoms with Crippen molar-refractivity contribution in [2.75, 3.05) is 26.5 Å². The summed E-state index contributed by atoms with van der Waals surface area (Å²) in [6.45, 7) is 0.394. The standard InChI is InChI=1S/C6H14N2O4S.CH4O/c1-8(6(7)9)4-2-3-5-13(10,11)12;1-2/h2-5H2,1H3,(H2,7,9)(H,10,11,12);2H,1H3. The summed E-state index contributed by atoms with van der Waals surface area (Å²) in [5, 5.41) is 7.00. The number of urea groups is 1. The van der Waals surface area contributed by atoms with Crippen LogP contribution in [0.1, 0.15) is 12.8 Å². The number of carbonyl (C=O) groups is 1. The number of hydrogen-bond donors (Lipinski definition) is 3. The molecular formula is C7H18N2O5S. The highest BCUT2D eigenvalue weighted by atomic mass is 32.2. The van der Waals surface area contributed by atoms with Crippen molar-refractivity contribution in [1.82, 2.24) is 4.90 Å². The monoisotopic (exact) mass is 242 g/mol. The molecule has 7 nitrogen and oxygen atoms in total. The fourth-order valence-corrected chi connectivity index (χ4v) is 1.31. The van der Waals surface area contributed by atoms with Gasteiger partial charge in [-0.25, -0.2) is 4.79 Å². The van der Waals surface area contributed by atoms with E-state index >= 15 is 0 Å². The van der Waals surface area contributed by atoms with Crippen LogP contribution in [0.5, 0.6) is 0 Å². The summed E-state index contributed by atoms with van der Waals surface area (Å²) < 4.78 is 28.9. The number of nitrogens with two attached hydrogens (primary N) is 1. The smallest absolute Gasteiger partial charge is 0.314 e. The van der Waals surface area contributed by atoms with Gasteiger partial charge in [0.2, 0.25) is 0 Å². The number of unbranched alkanes of at least 4 members (excludes halogenated alkanes) is 1. The van der Waals surface area contributed by atoms with E-state index in [0.29, 0.717) is 19.4 Å². The van der Waals surface area contributed by atoms with Gasteiger partial charge >= 0.3 is 6.03 Å². The predicted molar refractivity (Wildman–Crippen MR) is 56.0 cm³/mol. The van der Waals surface area contributed by atoms with Crippen molar-refractivity contribution in [3.63, 3.8) is 0 Å². The number of amides is 2. The first-order valence-electron chi connectivity index (χ1n) is 4.23. The molecule has 0 rings (SSSR count). The van der Waals surface area contributed by atoms with Crippen LogP contribution in [0.4, 0.5) is 4.79 Å². The van der Waals surface area contributed by atoms with Gasteiger partial charge in [0.25, 0.3) is 10.1 Å². The Balaban J connectivity index is 0. The first kappa shape index (κ1) is 16.6. The lowest BCUT2D eigenvalue weighted by Gasteiger charge is -2.12. The van der Waals surface area contributed by atoms with Gasteiger partial charge in [0.15, 0.2) is 0 Å². The third-order valence-corrected chi connectivity index (χ3v) is 2.33. The van der Waals surface area contributed by atoms with Crippen LogP contribution in [0.25, 0.3) is 0 Å². The van der Waals surface area contributed by atoms with E-state index in [0.717, 1.165) is 7.11 Å². The Bertz CT molecular complexity index is 265. The number of carbonyl (C=O) groups excluding carboxylic acids is 1. The second-order valence-corrected chi connectivity index (χ2v) is 4.33. The molecule has 8 heteroatoms. The molecule has 0 saturated carbocycles. The third-order valence-electron chi connectivity index (χ3n) is 1.52. The lowest BCUT2D eigenvalue weighted by molar-refractivity contribution is 0.218. The Morgan fingerprint density at radius 1 is 1.33 bits per heavy atom. The van der Waals surface area contributed by atoms with E-state index in [1.165, 1.54) is 11.9 Å². The lowest BCUT2D eigenvalue weighted by atomic mass is 10.3. The predicted octanol–water partition coefficient (Wildman–Crippen LogP) is -0.727. The van der Waals surface area contributed by atoms with Crippen molar-refractivity contribution < 1.29 is 22.9 Å². The highest BCUT2D eigenvalue weighted by molar-refractivity contribution is 7.85. The van der Waals surface area contributed by atoms with Crippen molar-refractivity contribution in [3.8, 4) is 0 Å². The zero-order valence-electron chi connectivity index (χ0n) is 8.88. The van der Waals surface area contributed by atoms with Crippen molar-refractivity contribution in [1.29, 1.82) is 0 Å². The average molecular weight is 242 g/mol. The molecule has 0 heterocycles. The van der Waals surface area contributed by atoms with Gasteiger partial charge in [-0.3, -0.25) is 4.55 Å². The topological polar surface area (TPSA) is 121 Å². The normalized spacial score (nSPS) is 10.1. The van der Waals surface area contributed by atoms with Gasteiger partial charge < -0.3 is 15.7 Å². The van der Waals surface area contributed by atoms with Gasteiger partial charge in [-0.15, -0.1) is 0 Å². The molecule has 0 unspecified atom stereocenters. The Hall–Kier alpha value is -0.860. The van der Waals surface area contributed by atoms with Crippen LogP contribution in [0.2, 0.25) is 0 Å². The van der Waals surface area contributed by atoms with Crippen molar-refractivity contribution in [3.05, 3.63) is 0 Å². The first-order valence-corrected chi connectivity index (χ1v) is 5.84. The zero-order valence-corrected chi connectivity index (χ0v) is 9.70. The highest BCUT2D eigenvalue weighted by Crippen LogP contribution is 1.95. The van der Waals surface area contributed by atoms with E-state index in [1.807, 2.05) is 0 Å². The minimum atomic E-state index is -3.88. The summed E-state index contributed by atoms with van der Waals surface area (Å²) in [6.07, 6.45) is 0.815. The third kappa shape index (κ3) is 13.1. The number of aliphatic hydroxyl groups is 1. The highest BCUT2D eigenvalue weighted by Gasteiger charge is 2.05. The maximum atomic E-state index is 10.5. The molecule has 0 aromatic rings. The van der Waals surface area contributed by atoms with E-state index in [1.54, 1.807) is 0 Å². The van der Waals surface area contributed by atoms with Crippen molar-refractivity contribution in [2.24, 2.45) is 5.73 Å². The molecule has 0 aromatic carbocycles. The number of rotatable bonds is 5. The zero-order chi connectivity index (χ0) is 12.5. The van der Waals surface area contributed by atoms with Gasteiger partial charge in [-0.05, 0) is 12.8 Å². The molecule has 0 spiro atoms. The van der Waals surface area contributed by atoms with Crippen LogP contribution < -0.4 is 5.73 Å². The molecule has 0 atom stereocenters. The summed E-state index contributed by atoms with van der Waals surface area (Å²) in [5.74, 6) is -0.278. The molecule has 15 heavy (non-hydrogen) atoms. The first-order chi connectivity index (χ1) is 6.83. The largest absolute Gasteiger partial charge is 0.400 e. The maximum absolute atomic E-state index is 10.5. The molecule has 0 fully saturated rings. The molecule has 0 bridgehead atoms. The van der Waals surface area contributed by atoms with Crippen molar-refractivity contribution in [2.45, 2.75) is 12.8 Å². The lowest BCUT2D eigenvalue weighted by Crippen LogP contribution is -2.32. The Labute approximate surface area is 89.6 Å². The van der Waals surface area contributed by atoms with Gasteiger partial charge in [0.1, 0.15) is 0 Å². The maximum Gasteiger partial charge on any atom is 0.314 e. The van der Waals surface area contributed by atoms with Crippen LogP contribution in [0, 0.1) is 0 Å². The summed E-state index contributed by atoms with van der Waals surface area (Å²) >= 11 is 0. The average Bonchev–Trinajstić information content (AvgIpc) is 2.13. The molecule has 0 aliphatic heterocycles. The van der Waals surface area contributed by atoms with E-state index in [9.17, 15) is 13.2 Å². The summed E-state index contributed by atoms with van der Waals surface area (Å²) in [7, 11) is -1.35. The fraction of sp³-hybridized carbons (Fsp3) is 0.857. The van der Waals surface area contributed by atoms with Gasteiger partial charge in [-0.1, -0.05) is 0 Å². The summed E-state index contributed by atoms with van der Waals surface area (Å²) in [5.41, 5.74) is 4.92. The molecule has 4 N–H and O–H groups in total. The molecule has 0 aliphatic rings. The number of hydrogen-bond acceptors (Lipinski definition) is 4. The van der Waals surface area contributed by atoms with E-state index < -0.39 is 16.1 Å². The Morgan fingerprint density at radius 3 is 2.13 bits per heavy atom. The van der Waals surface area contributed by atoms with E-state index in [-0.39, 0.29) is 5.75 Å². The molecule has 0 saturated heterocycles. The molecule has 0 aromatic heterocycles. The molecule has 0 radical (unpaired) electrons. The number of primary amides is 1. The Morgan fingerprint density at radius 2 is 1.80 bits per heavy atom. The summed E-state index contributed by atoms with van der Waals surface area (Å²) in [6, 6.07) is -0.549. The second-order valence-electron chi connectivity index (χ2n) is 2.75.